The summed E-state index contributed by atoms with van der Waals surface area (Å²) < 4.78 is 0. The van der Waals surface area contributed by atoms with Crippen LogP contribution < -0.4 is 10.6 Å². The average Bonchev–Trinajstić information content (AvgIpc) is 2.78. The Balaban J connectivity index is 1.79. The summed E-state index contributed by atoms with van der Waals surface area (Å²) in [6.07, 6.45) is 7.23. The first-order valence-corrected chi connectivity index (χ1v) is 14.1. The SMILES string of the molecule is CCCCN[C@H](CSSC[C@H](Cc1ccccc1)NCCCC)Cc1ccccc1. The Kier molecular flexibility index (Phi) is 14.1. The van der Waals surface area contributed by atoms with E-state index < -0.39 is 0 Å². The molecule has 2 aromatic rings. The minimum atomic E-state index is 0.539. The van der Waals surface area contributed by atoms with Crippen molar-refractivity contribution >= 4 is 21.6 Å². The summed E-state index contributed by atoms with van der Waals surface area (Å²) in [4.78, 5) is 0. The number of nitrogens with one attached hydrogen (secondary N) is 2. The number of benzene rings is 2. The predicted molar refractivity (Wildman–Crippen MR) is 139 cm³/mol. The molecule has 0 heterocycles. The number of hydrogen-bond donors (Lipinski definition) is 2. The van der Waals surface area contributed by atoms with Crippen molar-refractivity contribution in [2.24, 2.45) is 0 Å². The second-order valence-electron chi connectivity index (χ2n) is 7.96. The molecule has 2 rings (SSSR count). The van der Waals surface area contributed by atoms with Crippen molar-refractivity contribution < 1.29 is 0 Å². The Morgan fingerprint density at radius 2 is 1.03 bits per heavy atom. The Bertz CT molecular complexity index is 578. The number of hydrogen-bond acceptors (Lipinski definition) is 4. The molecule has 0 fully saturated rings. The van der Waals surface area contributed by atoms with Crippen molar-refractivity contribution in [2.45, 2.75) is 64.5 Å². The molecular weight excluding hydrogens is 404 g/mol. The second kappa shape index (κ2) is 16.7. The Morgan fingerprint density at radius 1 is 0.633 bits per heavy atom. The summed E-state index contributed by atoms with van der Waals surface area (Å²) in [7, 11) is 4.06. The number of rotatable bonds is 17. The van der Waals surface area contributed by atoms with Crippen LogP contribution in [0.2, 0.25) is 0 Å². The summed E-state index contributed by atoms with van der Waals surface area (Å²) >= 11 is 0. The monoisotopic (exact) mass is 444 g/mol. The highest BCUT2D eigenvalue weighted by Gasteiger charge is 2.12. The molecule has 0 radical (unpaired) electrons. The first kappa shape index (κ1) is 25.3. The molecule has 30 heavy (non-hydrogen) atoms. The van der Waals surface area contributed by atoms with Crippen LogP contribution in [0.5, 0.6) is 0 Å². The van der Waals surface area contributed by atoms with Crippen LogP contribution in [-0.4, -0.2) is 36.7 Å². The Morgan fingerprint density at radius 3 is 1.40 bits per heavy atom. The molecule has 0 unspecified atom stereocenters. The lowest BCUT2D eigenvalue weighted by Gasteiger charge is -2.21. The van der Waals surface area contributed by atoms with Gasteiger partial charge in [-0.15, -0.1) is 0 Å². The molecule has 0 aliphatic carbocycles. The van der Waals surface area contributed by atoms with Gasteiger partial charge in [-0.05, 0) is 49.9 Å². The van der Waals surface area contributed by atoms with E-state index in [0.717, 1.165) is 37.4 Å². The van der Waals surface area contributed by atoms with Crippen molar-refractivity contribution in [3.8, 4) is 0 Å². The number of unbranched alkanes of at least 4 members (excludes halogenated alkanes) is 2. The van der Waals surface area contributed by atoms with Gasteiger partial charge >= 0.3 is 0 Å². The topological polar surface area (TPSA) is 24.1 Å². The third kappa shape index (κ3) is 11.5. The molecule has 166 valence electrons. The van der Waals surface area contributed by atoms with Crippen LogP contribution in [0.4, 0.5) is 0 Å². The van der Waals surface area contributed by atoms with Gasteiger partial charge < -0.3 is 10.6 Å². The van der Waals surface area contributed by atoms with E-state index in [2.05, 4.69) is 85.1 Å². The fourth-order valence-corrected chi connectivity index (χ4v) is 5.96. The van der Waals surface area contributed by atoms with Crippen molar-refractivity contribution in [1.82, 2.24) is 10.6 Å². The molecule has 4 heteroatoms. The zero-order valence-electron chi connectivity index (χ0n) is 18.8. The molecule has 0 amide bonds. The smallest absolute Gasteiger partial charge is 0.0206 e. The van der Waals surface area contributed by atoms with E-state index in [1.807, 2.05) is 21.6 Å². The largest absolute Gasteiger partial charge is 0.313 e. The molecule has 2 aromatic carbocycles. The minimum absolute atomic E-state index is 0.539. The van der Waals surface area contributed by atoms with Crippen molar-refractivity contribution in [3.05, 3.63) is 71.8 Å². The van der Waals surface area contributed by atoms with Gasteiger partial charge in [0.1, 0.15) is 0 Å². The normalized spacial score (nSPS) is 13.3. The molecule has 0 bridgehead atoms. The Hall–Kier alpha value is -0.940. The van der Waals surface area contributed by atoms with Crippen LogP contribution in [0, 0.1) is 0 Å². The lowest BCUT2D eigenvalue weighted by atomic mass is 10.1. The highest BCUT2D eigenvalue weighted by Crippen LogP contribution is 2.25. The van der Waals surface area contributed by atoms with E-state index in [4.69, 9.17) is 0 Å². The van der Waals surface area contributed by atoms with Gasteiger partial charge in [-0.2, -0.15) is 0 Å². The molecule has 2 N–H and O–H groups in total. The zero-order valence-corrected chi connectivity index (χ0v) is 20.4. The predicted octanol–water partition coefficient (Wildman–Crippen LogP) is 6.37. The molecule has 0 spiro atoms. The van der Waals surface area contributed by atoms with E-state index in [9.17, 15) is 0 Å². The highest BCUT2D eigenvalue weighted by molar-refractivity contribution is 8.76. The standard InChI is InChI=1S/C26H40N2S2/c1-3-5-17-27-25(19-23-13-9-7-10-14-23)21-29-30-22-26(28-18-6-4-2)20-24-15-11-8-12-16-24/h7-16,25-28H,3-6,17-22H2,1-2H3/t25-,26-/m0/s1. The molecule has 0 aliphatic rings. The maximum atomic E-state index is 3.79. The van der Waals surface area contributed by atoms with Gasteiger partial charge in [0.2, 0.25) is 0 Å². The molecule has 2 nitrogen and oxygen atoms in total. The highest BCUT2D eigenvalue weighted by atomic mass is 33.1. The summed E-state index contributed by atoms with van der Waals surface area (Å²) in [6.45, 7) is 6.76. The fraction of sp³-hybridized carbons (Fsp3) is 0.538. The van der Waals surface area contributed by atoms with Crippen LogP contribution in [0.15, 0.2) is 60.7 Å². The van der Waals surface area contributed by atoms with Gasteiger partial charge in [0.25, 0.3) is 0 Å². The Labute approximate surface area is 192 Å². The zero-order chi connectivity index (χ0) is 21.3. The van der Waals surface area contributed by atoms with Crippen LogP contribution in [-0.2, 0) is 12.8 Å². The molecule has 0 aliphatic heterocycles. The van der Waals surface area contributed by atoms with Gasteiger partial charge in [-0.3, -0.25) is 0 Å². The quantitative estimate of drug-likeness (QED) is 0.219. The fourth-order valence-electron chi connectivity index (χ4n) is 3.40. The molecule has 0 saturated carbocycles. The summed E-state index contributed by atoms with van der Waals surface area (Å²) in [5.74, 6) is 2.30. The minimum Gasteiger partial charge on any atom is -0.313 e. The van der Waals surface area contributed by atoms with Gasteiger partial charge in [0.05, 0.1) is 0 Å². The van der Waals surface area contributed by atoms with Gasteiger partial charge in [-0.25, -0.2) is 0 Å². The van der Waals surface area contributed by atoms with E-state index in [1.165, 1.54) is 36.8 Å². The third-order valence-electron chi connectivity index (χ3n) is 5.20. The lowest BCUT2D eigenvalue weighted by Crippen LogP contribution is -2.35. The lowest BCUT2D eigenvalue weighted by molar-refractivity contribution is 0.536. The summed E-state index contributed by atoms with van der Waals surface area (Å²) in [6, 6.07) is 22.9. The van der Waals surface area contributed by atoms with Crippen molar-refractivity contribution in [1.29, 1.82) is 0 Å². The second-order valence-corrected chi connectivity index (χ2v) is 10.5. The maximum absolute atomic E-state index is 3.79. The van der Waals surface area contributed by atoms with Crippen molar-refractivity contribution in [3.63, 3.8) is 0 Å². The van der Waals surface area contributed by atoms with Gasteiger partial charge in [-0.1, -0.05) is 109 Å². The van der Waals surface area contributed by atoms with Crippen LogP contribution >= 0.6 is 21.6 Å². The van der Waals surface area contributed by atoms with Gasteiger partial charge in [0, 0.05) is 23.6 Å². The van der Waals surface area contributed by atoms with Gasteiger partial charge in [0.15, 0.2) is 0 Å². The molecule has 0 saturated heterocycles. The molecule has 2 atom stereocenters. The molecule has 0 aromatic heterocycles. The van der Waals surface area contributed by atoms with Crippen LogP contribution in [0.1, 0.15) is 50.7 Å². The van der Waals surface area contributed by atoms with Crippen LogP contribution in [0.3, 0.4) is 0 Å². The summed E-state index contributed by atoms with van der Waals surface area (Å²) in [5.41, 5.74) is 2.86. The first-order chi connectivity index (χ1) is 14.8. The summed E-state index contributed by atoms with van der Waals surface area (Å²) in [5, 5.41) is 7.58. The van der Waals surface area contributed by atoms with E-state index in [1.54, 1.807) is 0 Å². The maximum Gasteiger partial charge on any atom is 0.0206 e. The average molecular weight is 445 g/mol. The van der Waals surface area contributed by atoms with Crippen LogP contribution in [0.25, 0.3) is 0 Å². The van der Waals surface area contributed by atoms with E-state index in [0.29, 0.717) is 12.1 Å². The first-order valence-electron chi connectivity index (χ1n) is 11.6. The molecular formula is C26H40N2S2. The van der Waals surface area contributed by atoms with E-state index in [-0.39, 0.29) is 0 Å². The third-order valence-corrected chi connectivity index (χ3v) is 7.76. The van der Waals surface area contributed by atoms with E-state index >= 15 is 0 Å². The van der Waals surface area contributed by atoms with Crippen molar-refractivity contribution in [2.75, 3.05) is 24.6 Å².